The second-order valence-electron chi connectivity index (χ2n) is 6.72. The number of benzene rings is 1. The van der Waals surface area contributed by atoms with E-state index in [4.69, 9.17) is 4.74 Å². The van der Waals surface area contributed by atoms with Gasteiger partial charge in [0.25, 0.3) is 5.91 Å². The average Bonchev–Trinajstić information content (AvgIpc) is 2.78. The maximum atomic E-state index is 14.6. The molecule has 3 aromatic rings. The molecule has 2 heterocycles. The zero-order valence-corrected chi connectivity index (χ0v) is 17.2. The maximum Gasteiger partial charge on any atom is 0.434 e. The number of halogens is 4. The van der Waals surface area contributed by atoms with Crippen molar-refractivity contribution in [3.63, 3.8) is 0 Å². The number of ether oxygens (including phenoxy) is 1. The van der Waals surface area contributed by atoms with Gasteiger partial charge in [0.2, 0.25) is 5.88 Å². The van der Waals surface area contributed by atoms with Crippen LogP contribution in [0.15, 0.2) is 49.1 Å². The predicted molar refractivity (Wildman–Crippen MR) is 106 cm³/mol. The molecule has 0 N–H and O–H groups in total. The van der Waals surface area contributed by atoms with Crippen LogP contribution in [-0.4, -0.2) is 49.9 Å². The van der Waals surface area contributed by atoms with Gasteiger partial charge in [-0.15, -0.1) is 0 Å². The molecular formula is C21H19F4N5O2. The summed E-state index contributed by atoms with van der Waals surface area (Å²) in [7, 11) is 0. The molecule has 0 saturated heterocycles. The van der Waals surface area contributed by atoms with Crippen molar-refractivity contribution in [1.82, 2.24) is 24.8 Å². The Labute approximate surface area is 181 Å². The third-order valence-corrected chi connectivity index (χ3v) is 4.56. The van der Waals surface area contributed by atoms with Crippen molar-refractivity contribution < 1.29 is 27.1 Å². The number of alkyl halides is 3. The number of hydrogen-bond donors (Lipinski definition) is 0. The largest absolute Gasteiger partial charge is 0.474 e. The molecule has 7 nitrogen and oxygen atoms in total. The van der Waals surface area contributed by atoms with Crippen LogP contribution in [0.3, 0.4) is 0 Å². The SMILES string of the molecule is CCN(C(=O)c1cccc(F)c1-c1ncccn1)C(C)COc1cnc(C(F)(F)F)cn1. The molecular weight excluding hydrogens is 430 g/mol. The van der Waals surface area contributed by atoms with Crippen LogP contribution >= 0.6 is 0 Å². The van der Waals surface area contributed by atoms with Gasteiger partial charge in [0.1, 0.15) is 12.4 Å². The predicted octanol–water partition coefficient (Wildman–Crippen LogP) is 4.02. The summed E-state index contributed by atoms with van der Waals surface area (Å²) in [5, 5.41) is 0. The summed E-state index contributed by atoms with van der Waals surface area (Å²) < 4.78 is 57.8. The zero-order valence-electron chi connectivity index (χ0n) is 17.2. The Morgan fingerprint density at radius 1 is 1.09 bits per heavy atom. The molecule has 1 atom stereocenters. The van der Waals surface area contributed by atoms with E-state index in [1.54, 1.807) is 19.9 Å². The van der Waals surface area contributed by atoms with Gasteiger partial charge < -0.3 is 9.64 Å². The lowest BCUT2D eigenvalue weighted by Gasteiger charge is -2.28. The molecule has 3 rings (SSSR count). The minimum Gasteiger partial charge on any atom is -0.474 e. The number of aromatic nitrogens is 4. The first kappa shape index (κ1) is 23.0. The lowest BCUT2D eigenvalue weighted by molar-refractivity contribution is -0.141. The van der Waals surface area contributed by atoms with Crippen LogP contribution in [0.5, 0.6) is 5.88 Å². The van der Waals surface area contributed by atoms with Gasteiger partial charge in [-0.1, -0.05) is 6.07 Å². The lowest BCUT2D eigenvalue weighted by Crippen LogP contribution is -2.42. The number of nitrogens with zero attached hydrogens (tertiary/aromatic N) is 5. The average molecular weight is 449 g/mol. The number of likely N-dealkylation sites (N-methyl/N-ethyl adjacent to an activating group) is 1. The van der Waals surface area contributed by atoms with E-state index >= 15 is 0 Å². The highest BCUT2D eigenvalue weighted by molar-refractivity contribution is 6.00. The molecule has 32 heavy (non-hydrogen) atoms. The summed E-state index contributed by atoms with van der Waals surface area (Å²) in [6.45, 7) is 3.64. The fourth-order valence-electron chi connectivity index (χ4n) is 3.00. The third-order valence-electron chi connectivity index (χ3n) is 4.56. The van der Waals surface area contributed by atoms with E-state index in [0.717, 1.165) is 6.20 Å². The molecule has 1 unspecified atom stereocenters. The first-order valence-electron chi connectivity index (χ1n) is 9.61. The van der Waals surface area contributed by atoms with Gasteiger partial charge in [-0.25, -0.2) is 24.3 Å². The Hall–Kier alpha value is -3.63. The Bertz CT molecular complexity index is 1060. The van der Waals surface area contributed by atoms with Crippen molar-refractivity contribution in [1.29, 1.82) is 0 Å². The lowest BCUT2D eigenvalue weighted by atomic mass is 10.0. The second kappa shape index (κ2) is 9.67. The molecule has 168 valence electrons. The molecule has 0 bridgehead atoms. The zero-order chi connectivity index (χ0) is 23.3. The molecule has 0 aliphatic carbocycles. The monoisotopic (exact) mass is 449 g/mol. The minimum atomic E-state index is -4.60. The summed E-state index contributed by atoms with van der Waals surface area (Å²) in [6.07, 6.45) is -0.271. The van der Waals surface area contributed by atoms with E-state index in [9.17, 15) is 22.4 Å². The molecule has 2 aromatic heterocycles. The van der Waals surface area contributed by atoms with Gasteiger partial charge in [-0.2, -0.15) is 13.2 Å². The molecule has 0 saturated carbocycles. The van der Waals surface area contributed by atoms with Gasteiger partial charge in [-0.05, 0) is 32.0 Å². The molecule has 1 aromatic carbocycles. The van der Waals surface area contributed by atoms with Crippen LogP contribution in [0, 0.1) is 5.82 Å². The smallest absolute Gasteiger partial charge is 0.434 e. The van der Waals surface area contributed by atoms with Crippen molar-refractivity contribution in [2.45, 2.75) is 26.1 Å². The number of rotatable bonds is 7. The first-order valence-corrected chi connectivity index (χ1v) is 9.61. The molecule has 11 heteroatoms. The molecule has 0 radical (unpaired) electrons. The van der Waals surface area contributed by atoms with Crippen molar-refractivity contribution in [2.75, 3.05) is 13.2 Å². The van der Waals surface area contributed by atoms with Crippen LogP contribution in [0.1, 0.15) is 29.9 Å². The second-order valence-corrected chi connectivity index (χ2v) is 6.72. The normalized spacial score (nSPS) is 12.3. The van der Waals surface area contributed by atoms with Crippen molar-refractivity contribution >= 4 is 5.91 Å². The van der Waals surface area contributed by atoms with E-state index in [-0.39, 0.29) is 36.0 Å². The van der Waals surface area contributed by atoms with Crippen LogP contribution in [0.2, 0.25) is 0 Å². The van der Waals surface area contributed by atoms with Crippen molar-refractivity contribution in [2.24, 2.45) is 0 Å². The number of amides is 1. The fourth-order valence-corrected chi connectivity index (χ4v) is 3.00. The summed E-state index contributed by atoms with van der Waals surface area (Å²) in [4.78, 5) is 29.6. The standard InChI is InChI=1S/C21H19F4N5O2/c1-3-30(13(2)12-32-17-11-28-16(10-29-17)21(23,24)25)20(31)14-6-4-7-15(22)18(14)19-26-8-5-9-27-19/h4-11,13H,3,12H2,1-2H3. The molecule has 0 aliphatic heterocycles. The highest BCUT2D eigenvalue weighted by atomic mass is 19.4. The van der Waals surface area contributed by atoms with Crippen molar-refractivity contribution in [3.8, 4) is 17.3 Å². The van der Waals surface area contributed by atoms with Gasteiger partial charge in [0, 0.05) is 18.9 Å². The van der Waals surface area contributed by atoms with E-state index in [2.05, 4.69) is 19.9 Å². The van der Waals surface area contributed by atoms with E-state index < -0.39 is 29.6 Å². The van der Waals surface area contributed by atoms with Crippen LogP contribution in [-0.2, 0) is 6.18 Å². The summed E-state index contributed by atoms with van der Waals surface area (Å²) in [6, 6.07) is 5.18. The fraction of sp³-hybridized carbons (Fsp3) is 0.286. The first-order chi connectivity index (χ1) is 15.2. The highest BCUT2D eigenvalue weighted by Gasteiger charge is 2.33. The topological polar surface area (TPSA) is 81.1 Å². The van der Waals surface area contributed by atoms with Crippen LogP contribution in [0.4, 0.5) is 17.6 Å². The Morgan fingerprint density at radius 2 is 1.81 bits per heavy atom. The van der Waals surface area contributed by atoms with Crippen molar-refractivity contribution in [3.05, 3.63) is 66.1 Å². The Kier molecular flexibility index (Phi) is 6.96. The quantitative estimate of drug-likeness (QED) is 0.507. The van der Waals surface area contributed by atoms with Gasteiger partial charge in [-0.3, -0.25) is 4.79 Å². The molecule has 0 fully saturated rings. The van der Waals surface area contributed by atoms with Gasteiger partial charge >= 0.3 is 6.18 Å². The summed E-state index contributed by atoms with van der Waals surface area (Å²) in [5.74, 6) is -1.14. The van der Waals surface area contributed by atoms with Crippen LogP contribution in [0.25, 0.3) is 11.4 Å². The minimum absolute atomic E-state index is 0.0155. The number of hydrogen-bond acceptors (Lipinski definition) is 6. The Morgan fingerprint density at radius 3 is 2.41 bits per heavy atom. The highest BCUT2D eigenvalue weighted by Crippen LogP contribution is 2.27. The Balaban J connectivity index is 1.77. The molecule has 0 spiro atoms. The molecule has 1 amide bonds. The van der Waals surface area contributed by atoms with E-state index in [0.29, 0.717) is 6.20 Å². The van der Waals surface area contributed by atoms with Gasteiger partial charge in [0.05, 0.1) is 29.6 Å². The van der Waals surface area contributed by atoms with E-state index in [1.165, 1.54) is 35.5 Å². The summed E-state index contributed by atoms with van der Waals surface area (Å²) >= 11 is 0. The number of carbonyl (C=O) groups excluding carboxylic acids is 1. The maximum absolute atomic E-state index is 14.6. The molecule has 0 aliphatic rings. The summed E-state index contributed by atoms with van der Waals surface area (Å²) in [5.41, 5.74) is -1.07. The third kappa shape index (κ3) is 5.16. The van der Waals surface area contributed by atoms with Crippen LogP contribution < -0.4 is 4.74 Å². The van der Waals surface area contributed by atoms with E-state index in [1.807, 2.05) is 0 Å². The number of carbonyl (C=O) groups is 1. The van der Waals surface area contributed by atoms with Gasteiger partial charge in [0.15, 0.2) is 11.5 Å².